The smallest absolute Gasteiger partial charge is 0.387 e. The van der Waals surface area contributed by atoms with Gasteiger partial charge < -0.3 is 20.1 Å². The molecule has 2 heterocycles. The van der Waals surface area contributed by atoms with Gasteiger partial charge in [0.2, 0.25) is 5.91 Å². The molecule has 1 fully saturated rings. The quantitative estimate of drug-likeness (QED) is 0.879. The number of para-hydroxylation sites is 1. The maximum atomic E-state index is 12.9. The molecule has 1 saturated heterocycles. The zero-order valence-electron chi connectivity index (χ0n) is 14.1. The molecule has 0 aromatic heterocycles. The van der Waals surface area contributed by atoms with E-state index in [9.17, 15) is 13.6 Å². The van der Waals surface area contributed by atoms with Crippen molar-refractivity contribution in [2.45, 2.75) is 24.5 Å². The third-order valence-electron chi connectivity index (χ3n) is 5.16. The molecule has 0 unspecified atom stereocenters. The van der Waals surface area contributed by atoms with Gasteiger partial charge >= 0.3 is 6.61 Å². The van der Waals surface area contributed by atoms with Crippen LogP contribution in [-0.4, -0.2) is 26.2 Å². The number of amides is 1. The van der Waals surface area contributed by atoms with Gasteiger partial charge in [-0.1, -0.05) is 24.3 Å². The summed E-state index contributed by atoms with van der Waals surface area (Å²) in [5, 5.41) is 6.35. The summed E-state index contributed by atoms with van der Waals surface area (Å²) in [6.45, 7) is -2.26. The Bertz CT molecular complexity index is 858. The van der Waals surface area contributed by atoms with Crippen LogP contribution in [0.5, 0.6) is 11.5 Å². The predicted octanol–water partition coefficient (Wildman–Crippen LogP) is 3.22. The fraction of sp³-hybridized carbons (Fsp3) is 0.316. The molecule has 2 aliphatic rings. The van der Waals surface area contributed by atoms with Gasteiger partial charge in [-0.15, -0.1) is 0 Å². The van der Waals surface area contributed by atoms with Crippen molar-refractivity contribution in [1.29, 1.82) is 0 Å². The molecule has 2 N–H and O–H groups in total. The van der Waals surface area contributed by atoms with Crippen LogP contribution in [0.2, 0.25) is 0 Å². The fourth-order valence-electron chi connectivity index (χ4n) is 4.06. The molecule has 0 bridgehead atoms. The van der Waals surface area contributed by atoms with Gasteiger partial charge in [-0.05, 0) is 42.3 Å². The second kappa shape index (κ2) is 6.25. The number of alkyl halides is 2. The van der Waals surface area contributed by atoms with Crippen LogP contribution in [0.3, 0.4) is 0 Å². The van der Waals surface area contributed by atoms with E-state index in [1.165, 1.54) is 13.2 Å². The third kappa shape index (κ3) is 2.42. The average molecular weight is 360 g/mol. The number of nitrogens with one attached hydrogen (secondary N) is 2. The van der Waals surface area contributed by atoms with Gasteiger partial charge in [0.05, 0.1) is 18.6 Å². The molecule has 5 nitrogen and oxygen atoms in total. The molecule has 2 aromatic carbocycles. The number of carbonyl (C=O) groups is 1. The zero-order valence-corrected chi connectivity index (χ0v) is 14.1. The molecule has 1 spiro atoms. The summed E-state index contributed by atoms with van der Waals surface area (Å²) < 4.78 is 34.8. The number of carbonyl (C=O) groups excluding carboxylic acids is 1. The molecule has 0 aliphatic carbocycles. The summed E-state index contributed by atoms with van der Waals surface area (Å²) in [6, 6.07) is 12.1. The minimum Gasteiger partial charge on any atom is -0.493 e. The van der Waals surface area contributed by atoms with E-state index in [1.807, 2.05) is 24.3 Å². The van der Waals surface area contributed by atoms with E-state index in [0.717, 1.165) is 16.8 Å². The van der Waals surface area contributed by atoms with E-state index in [1.54, 1.807) is 12.1 Å². The first kappa shape index (κ1) is 16.8. The predicted molar refractivity (Wildman–Crippen MR) is 91.7 cm³/mol. The van der Waals surface area contributed by atoms with Crippen LogP contribution in [0.1, 0.15) is 23.6 Å². The second-order valence-corrected chi connectivity index (χ2v) is 6.40. The number of ether oxygens (including phenoxy) is 2. The molecule has 1 amide bonds. The number of benzene rings is 2. The molecule has 7 heteroatoms. The van der Waals surface area contributed by atoms with Crippen LogP contribution < -0.4 is 20.1 Å². The summed E-state index contributed by atoms with van der Waals surface area (Å²) in [6.07, 6.45) is 0.651. The summed E-state index contributed by atoms with van der Waals surface area (Å²) in [5.41, 5.74) is 1.82. The Kier molecular flexibility index (Phi) is 4.03. The zero-order chi connectivity index (χ0) is 18.3. The Labute approximate surface area is 149 Å². The van der Waals surface area contributed by atoms with Crippen LogP contribution in [-0.2, 0) is 10.2 Å². The Hall–Kier alpha value is -2.67. The van der Waals surface area contributed by atoms with E-state index >= 15 is 0 Å². The molecular weight excluding hydrogens is 342 g/mol. The lowest BCUT2D eigenvalue weighted by atomic mass is 9.73. The lowest BCUT2D eigenvalue weighted by Gasteiger charge is -2.30. The largest absolute Gasteiger partial charge is 0.493 e. The van der Waals surface area contributed by atoms with Crippen molar-refractivity contribution in [3.8, 4) is 11.5 Å². The van der Waals surface area contributed by atoms with Crippen molar-refractivity contribution in [3.05, 3.63) is 53.6 Å². The lowest BCUT2D eigenvalue weighted by Crippen LogP contribution is -2.39. The highest BCUT2D eigenvalue weighted by Crippen LogP contribution is 2.51. The summed E-state index contributed by atoms with van der Waals surface area (Å²) in [5.74, 6) is 0.119. The van der Waals surface area contributed by atoms with Crippen molar-refractivity contribution in [2.75, 3.05) is 19.0 Å². The number of halogens is 2. The molecule has 4 rings (SSSR count). The molecule has 26 heavy (non-hydrogen) atoms. The highest BCUT2D eigenvalue weighted by molar-refractivity contribution is 6.07. The van der Waals surface area contributed by atoms with E-state index in [2.05, 4.69) is 15.4 Å². The minimum atomic E-state index is -2.93. The summed E-state index contributed by atoms with van der Waals surface area (Å²) >= 11 is 0. The van der Waals surface area contributed by atoms with E-state index in [4.69, 9.17) is 4.74 Å². The van der Waals surface area contributed by atoms with Gasteiger partial charge in [0.1, 0.15) is 0 Å². The SMILES string of the molecule is COc1cc([C@H]2NCC[C@@]23C(=O)Nc2ccccc23)ccc1OC(F)F. The van der Waals surface area contributed by atoms with Gasteiger partial charge in [0, 0.05) is 5.69 Å². The minimum absolute atomic E-state index is 0.0328. The first-order chi connectivity index (χ1) is 12.6. The van der Waals surface area contributed by atoms with Gasteiger partial charge in [-0.3, -0.25) is 4.79 Å². The van der Waals surface area contributed by atoms with Gasteiger partial charge in [0.15, 0.2) is 11.5 Å². The number of hydrogen-bond donors (Lipinski definition) is 2. The number of fused-ring (bicyclic) bond motifs is 2. The molecule has 2 atom stereocenters. The maximum Gasteiger partial charge on any atom is 0.387 e. The van der Waals surface area contributed by atoms with E-state index in [-0.39, 0.29) is 23.4 Å². The first-order valence-electron chi connectivity index (χ1n) is 8.33. The number of anilines is 1. The molecule has 0 saturated carbocycles. The number of hydrogen-bond acceptors (Lipinski definition) is 4. The maximum absolute atomic E-state index is 12.9. The van der Waals surface area contributed by atoms with Crippen molar-refractivity contribution in [2.24, 2.45) is 0 Å². The molecule has 2 aliphatic heterocycles. The summed E-state index contributed by atoms with van der Waals surface area (Å²) in [4.78, 5) is 12.9. The molecule has 2 aromatic rings. The third-order valence-corrected chi connectivity index (χ3v) is 5.16. The van der Waals surface area contributed by atoms with Crippen molar-refractivity contribution in [3.63, 3.8) is 0 Å². The number of rotatable bonds is 4. The lowest BCUT2D eigenvalue weighted by molar-refractivity contribution is -0.121. The van der Waals surface area contributed by atoms with Crippen LogP contribution >= 0.6 is 0 Å². The monoisotopic (exact) mass is 360 g/mol. The van der Waals surface area contributed by atoms with Crippen molar-refractivity contribution >= 4 is 11.6 Å². The number of methoxy groups -OCH3 is 1. The van der Waals surface area contributed by atoms with Crippen LogP contribution in [0, 0.1) is 0 Å². The Morgan fingerprint density at radius 3 is 2.77 bits per heavy atom. The first-order valence-corrected chi connectivity index (χ1v) is 8.33. The topological polar surface area (TPSA) is 59.6 Å². The normalized spacial score (nSPS) is 24.0. The molecule has 136 valence electrons. The van der Waals surface area contributed by atoms with Crippen LogP contribution in [0.25, 0.3) is 0 Å². The van der Waals surface area contributed by atoms with Gasteiger partial charge in [-0.2, -0.15) is 8.78 Å². The van der Waals surface area contributed by atoms with E-state index < -0.39 is 12.0 Å². The van der Waals surface area contributed by atoms with Crippen molar-refractivity contribution < 1.29 is 23.0 Å². The fourth-order valence-corrected chi connectivity index (χ4v) is 4.06. The molecule has 0 radical (unpaired) electrons. The van der Waals surface area contributed by atoms with Gasteiger partial charge in [0.25, 0.3) is 0 Å². The highest BCUT2D eigenvalue weighted by Gasteiger charge is 2.55. The van der Waals surface area contributed by atoms with Crippen molar-refractivity contribution in [1.82, 2.24) is 5.32 Å². The summed E-state index contributed by atoms with van der Waals surface area (Å²) in [7, 11) is 1.40. The Morgan fingerprint density at radius 1 is 1.19 bits per heavy atom. The van der Waals surface area contributed by atoms with Gasteiger partial charge in [-0.25, -0.2) is 0 Å². The second-order valence-electron chi connectivity index (χ2n) is 6.40. The van der Waals surface area contributed by atoms with Crippen LogP contribution in [0.4, 0.5) is 14.5 Å². The van der Waals surface area contributed by atoms with Crippen LogP contribution in [0.15, 0.2) is 42.5 Å². The Balaban J connectivity index is 1.77. The van der Waals surface area contributed by atoms with E-state index in [0.29, 0.717) is 13.0 Å². The Morgan fingerprint density at radius 2 is 2.00 bits per heavy atom. The molecular formula is C19H18F2N2O3. The standard InChI is InChI=1S/C19H18F2N2O3/c1-25-15-10-11(6-7-14(15)26-18(20)21)16-19(8-9-22-16)12-4-2-3-5-13(12)23-17(19)24/h2-7,10,16,18,22H,8-9H2,1H3,(H,23,24)/t16-,19+/m1/s1. The highest BCUT2D eigenvalue weighted by atomic mass is 19.3. The average Bonchev–Trinajstić information content (AvgIpc) is 3.19.